The second-order valence-corrected chi connectivity index (χ2v) is 11.4. The molecular formula is C35H24ClN5O2S. The van der Waals surface area contributed by atoms with Gasteiger partial charge in [0.25, 0.3) is 5.56 Å². The van der Waals surface area contributed by atoms with Gasteiger partial charge < -0.3 is 4.74 Å². The lowest BCUT2D eigenvalue weighted by molar-refractivity contribution is 0.306. The Morgan fingerprint density at radius 1 is 0.841 bits per heavy atom. The Labute approximate surface area is 261 Å². The maximum atomic E-state index is 13.4. The van der Waals surface area contributed by atoms with Gasteiger partial charge in [-0.2, -0.15) is 14.6 Å². The molecule has 0 aliphatic carbocycles. The molecule has 0 radical (unpaired) electrons. The maximum Gasteiger partial charge on any atom is 0.291 e. The molecule has 0 fully saturated rings. The van der Waals surface area contributed by atoms with Crippen molar-refractivity contribution in [2.24, 2.45) is 0 Å². The van der Waals surface area contributed by atoms with Crippen molar-refractivity contribution < 1.29 is 4.74 Å². The zero-order valence-electron chi connectivity index (χ0n) is 23.2. The number of rotatable bonds is 8. The highest BCUT2D eigenvalue weighted by Crippen LogP contribution is 2.28. The third kappa shape index (κ3) is 5.94. The third-order valence-electron chi connectivity index (χ3n) is 6.90. The fourth-order valence-corrected chi connectivity index (χ4v) is 5.74. The summed E-state index contributed by atoms with van der Waals surface area (Å²) < 4.78 is 9.78. The third-order valence-corrected chi connectivity index (χ3v) is 8.11. The first-order valence-electron chi connectivity index (χ1n) is 13.9. The smallest absolute Gasteiger partial charge is 0.291 e. The average molecular weight is 614 g/mol. The predicted molar refractivity (Wildman–Crippen MR) is 176 cm³/mol. The second-order valence-electron chi connectivity index (χ2n) is 9.98. The summed E-state index contributed by atoms with van der Waals surface area (Å²) in [7, 11) is 0. The van der Waals surface area contributed by atoms with Gasteiger partial charge in [0.15, 0.2) is 5.82 Å². The van der Waals surface area contributed by atoms with Crippen LogP contribution in [0.5, 0.6) is 5.75 Å². The van der Waals surface area contributed by atoms with Crippen LogP contribution in [0.25, 0.3) is 40.1 Å². The fraction of sp³-hybridized carbons (Fsp3) is 0.0286. The molecule has 0 amide bonds. The molecule has 214 valence electrons. The first-order valence-corrected chi connectivity index (χ1v) is 15.1. The molecule has 4 aromatic carbocycles. The van der Waals surface area contributed by atoms with Crippen molar-refractivity contribution in [3.63, 3.8) is 0 Å². The summed E-state index contributed by atoms with van der Waals surface area (Å²) in [6.07, 6.45) is 7.51. The van der Waals surface area contributed by atoms with Gasteiger partial charge in [0.2, 0.25) is 4.96 Å². The number of hydrogen-bond acceptors (Lipinski definition) is 6. The molecule has 3 aromatic heterocycles. The van der Waals surface area contributed by atoms with Gasteiger partial charge in [-0.3, -0.25) is 4.79 Å². The Hall–Kier alpha value is -5.31. The van der Waals surface area contributed by atoms with Crippen LogP contribution in [0, 0.1) is 0 Å². The molecule has 0 aliphatic rings. The van der Waals surface area contributed by atoms with E-state index >= 15 is 0 Å². The van der Waals surface area contributed by atoms with E-state index in [4.69, 9.17) is 21.4 Å². The van der Waals surface area contributed by atoms with Gasteiger partial charge >= 0.3 is 0 Å². The van der Waals surface area contributed by atoms with Crippen molar-refractivity contribution in [2.75, 3.05) is 0 Å². The van der Waals surface area contributed by atoms with Crippen LogP contribution in [0.3, 0.4) is 0 Å². The van der Waals surface area contributed by atoms with E-state index in [2.05, 4.69) is 10.1 Å². The van der Waals surface area contributed by atoms with Crippen LogP contribution >= 0.6 is 22.9 Å². The Morgan fingerprint density at radius 2 is 1.61 bits per heavy atom. The topological polar surface area (TPSA) is 74.3 Å². The van der Waals surface area contributed by atoms with Crippen molar-refractivity contribution in [1.29, 1.82) is 0 Å². The van der Waals surface area contributed by atoms with Crippen molar-refractivity contribution >= 4 is 46.1 Å². The first kappa shape index (κ1) is 27.5. The van der Waals surface area contributed by atoms with E-state index in [1.54, 1.807) is 0 Å². The van der Waals surface area contributed by atoms with Crippen LogP contribution in [0.4, 0.5) is 0 Å². The molecule has 0 saturated carbocycles. The molecule has 0 bridgehead atoms. The normalized spacial score (nSPS) is 12.0. The summed E-state index contributed by atoms with van der Waals surface area (Å²) in [5.74, 6) is 1.19. The molecule has 0 spiro atoms. The number of ether oxygens (including phenoxy) is 1. The molecule has 9 heteroatoms. The van der Waals surface area contributed by atoms with E-state index in [9.17, 15) is 4.79 Å². The van der Waals surface area contributed by atoms with Gasteiger partial charge in [-0.25, -0.2) is 4.68 Å². The highest BCUT2D eigenvalue weighted by molar-refractivity contribution is 7.15. The van der Waals surface area contributed by atoms with E-state index in [1.165, 1.54) is 15.9 Å². The number of hydrogen-bond donors (Lipinski definition) is 0. The average Bonchev–Trinajstić information content (AvgIpc) is 3.75. The number of thiazole rings is 1. The van der Waals surface area contributed by atoms with E-state index in [0.717, 1.165) is 33.6 Å². The van der Waals surface area contributed by atoms with Gasteiger partial charge in [0.05, 0.1) is 10.2 Å². The van der Waals surface area contributed by atoms with E-state index in [-0.39, 0.29) is 5.56 Å². The van der Waals surface area contributed by atoms with Crippen LogP contribution in [0.15, 0.2) is 120 Å². The fourth-order valence-electron chi connectivity index (χ4n) is 4.71. The summed E-state index contributed by atoms with van der Waals surface area (Å²) in [4.78, 5) is 18.5. The predicted octanol–water partition coefficient (Wildman–Crippen LogP) is 6.95. The number of fused-ring (bicyclic) bond motifs is 1. The van der Waals surface area contributed by atoms with E-state index in [1.807, 2.05) is 138 Å². The van der Waals surface area contributed by atoms with E-state index in [0.29, 0.717) is 32.7 Å². The Balaban J connectivity index is 1.24. The monoisotopic (exact) mass is 613 g/mol. The summed E-state index contributed by atoms with van der Waals surface area (Å²) >= 11 is 7.32. The second kappa shape index (κ2) is 12.1. The number of benzene rings is 4. The molecule has 0 N–H and O–H groups in total. The van der Waals surface area contributed by atoms with Crippen LogP contribution in [0.1, 0.15) is 22.5 Å². The SMILES string of the molecule is O=c1/c(=C/c2cn(-c3ccccc3)nc2-c2cccc(OCc3ccc(Cl)cc3)c2)sc2nc(/C=C/c3ccccc3)nn12. The van der Waals surface area contributed by atoms with Crippen molar-refractivity contribution in [2.45, 2.75) is 6.61 Å². The molecule has 3 heterocycles. The minimum Gasteiger partial charge on any atom is -0.489 e. The minimum absolute atomic E-state index is 0.227. The Bertz CT molecular complexity index is 2210. The maximum absolute atomic E-state index is 13.4. The highest BCUT2D eigenvalue weighted by Gasteiger charge is 2.15. The molecule has 0 unspecified atom stereocenters. The largest absolute Gasteiger partial charge is 0.489 e. The summed E-state index contributed by atoms with van der Waals surface area (Å²) in [5, 5.41) is 10.0. The lowest BCUT2D eigenvalue weighted by atomic mass is 10.1. The summed E-state index contributed by atoms with van der Waals surface area (Å²) in [6, 6.07) is 35.1. The molecular weight excluding hydrogens is 590 g/mol. The van der Waals surface area contributed by atoms with Gasteiger partial charge in [0.1, 0.15) is 18.1 Å². The van der Waals surface area contributed by atoms with E-state index < -0.39 is 0 Å². The number of para-hydroxylation sites is 1. The van der Waals surface area contributed by atoms with Crippen molar-refractivity contribution in [1.82, 2.24) is 24.4 Å². The van der Waals surface area contributed by atoms with Crippen LogP contribution < -0.4 is 14.8 Å². The van der Waals surface area contributed by atoms with Crippen LogP contribution in [-0.4, -0.2) is 24.4 Å². The highest BCUT2D eigenvalue weighted by atomic mass is 35.5. The number of halogens is 1. The molecule has 0 atom stereocenters. The van der Waals surface area contributed by atoms with Gasteiger partial charge in [-0.15, -0.1) is 5.10 Å². The van der Waals surface area contributed by atoms with Crippen molar-refractivity contribution in [3.05, 3.63) is 158 Å². The quantitative estimate of drug-likeness (QED) is 0.185. The minimum atomic E-state index is -0.227. The zero-order chi connectivity index (χ0) is 29.9. The Morgan fingerprint density at radius 3 is 2.39 bits per heavy atom. The molecule has 7 nitrogen and oxygen atoms in total. The molecule has 44 heavy (non-hydrogen) atoms. The lowest BCUT2D eigenvalue weighted by Crippen LogP contribution is -2.23. The van der Waals surface area contributed by atoms with Gasteiger partial charge in [-0.1, -0.05) is 102 Å². The van der Waals surface area contributed by atoms with Gasteiger partial charge in [-0.05, 0) is 59.7 Å². The molecule has 7 aromatic rings. The summed E-state index contributed by atoms with van der Waals surface area (Å²) in [6.45, 7) is 0.405. The number of nitrogens with zero attached hydrogens (tertiary/aromatic N) is 5. The standard InChI is InChI=1S/C35H24ClN5O2S/c36-28-17-14-25(15-18-28)23-43-30-13-7-10-26(20-30)33-27(22-40(39-33)29-11-5-2-6-12-29)21-31-34(42)41-35(44-31)37-32(38-41)19-16-24-8-3-1-4-9-24/h1-22H,23H2/b19-16+,31-21-. The van der Waals surface area contributed by atoms with Crippen molar-refractivity contribution in [3.8, 4) is 22.7 Å². The molecule has 0 saturated heterocycles. The zero-order valence-corrected chi connectivity index (χ0v) is 24.8. The van der Waals surface area contributed by atoms with Crippen LogP contribution in [0.2, 0.25) is 5.02 Å². The lowest BCUT2D eigenvalue weighted by Gasteiger charge is -2.08. The molecule has 0 aliphatic heterocycles. The van der Waals surface area contributed by atoms with Crippen LogP contribution in [-0.2, 0) is 6.61 Å². The van der Waals surface area contributed by atoms with Gasteiger partial charge in [0, 0.05) is 22.3 Å². The Kier molecular flexibility index (Phi) is 7.58. The number of aromatic nitrogens is 5. The molecule has 7 rings (SSSR count). The first-order chi connectivity index (χ1) is 21.6. The summed E-state index contributed by atoms with van der Waals surface area (Å²) in [5.41, 5.74) is 5.09.